The summed E-state index contributed by atoms with van der Waals surface area (Å²) in [6.45, 7) is 4.46. The van der Waals surface area contributed by atoms with E-state index >= 15 is 0 Å². The molecule has 5 nitrogen and oxygen atoms in total. The quantitative estimate of drug-likeness (QED) is 0.810. The highest BCUT2D eigenvalue weighted by atomic mass is 16.5. The molecule has 1 aliphatic heterocycles. The maximum absolute atomic E-state index is 12.3. The van der Waals surface area contributed by atoms with Crippen molar-refractivity contribution in [1.29, 1.82) is 5.26 Å². The first-order chi connectivity index (χ1) is 10.7. The van der Waals surface area contributed by atoms with Crippen molar-refractivity contribution in [3.05, 3.63) is 29.8 Å². The Hall–Kier alpha value is -1.90. The maximum atomic E-state index is 12.3. The molecule has 1 heterocycles. The minimum atomic E-state index is 0.0410. The van der Waals surface area contributed by atoms with Gasteiger partial charge in [-0.2, -0.15) is 5.26 Å². The normalized spacial score (nSPS) is 15.3. The average Bonchev–Trinajstić information content (AvgIpc) is 2.57. The molecule has 22 heavy (non-hydrogen) atoms. The lowest BCUT2D eigenvalue weighted by Gasteiger charge is -2.24. The van der Waals surface area contributed by atoms with Gasteiger partial charge in [0.1, 0.15) is 0 Å². The summed E-state index contributed by atoms with van der Waals surface area (Å²) in [5.41, 5.74) is 1.41. The molecule has 1 amide bonds. The first-order valence-corrected chi connectivity index (χ1v) is 7.74. The van der Waals surface area contributed by atoms with Crippen molar-refractivity contribution >= 4 is 11.6 Å². The number of hydrogen-bond acceptors (Lipinski definition) is 4. The number of nitriles is 1. The summed E-state index contributed by atoms with van der Waals surface area (Å²) in [5.74, 6) is 0.0410. The molecule has 118 valence electrons. The van der Waals surface area contributed by atoms with Crippen molar-refractivity contribution in [2.24, 2.45) is 0 Å². The summed E-state index contributed by atoms with van der Waals surface area (Å²) >= 11 is 0. The van der Waals surface area contributed by atoms with Crippen LogP contribution in [0.1, 0.15) is 31.7 Å². The van der Waals surface area contributed by atoms with E-state index in [0.717, 1.165) is 31.7 Å². The highest BCUT2D eigenvalue weighted by Crippen LogP contribution is 2.17. The first kappa shape index (κ1) is 16.5. The van der Waals surface area contributed by atoms with Gasteiger partial charge in [0.25, 0.3) is 0 Å². The molecular weight excluding hydrogens is 280 g/mol. The number of benzene rings is 1. The van der Waals surface area contributed by atoms with Crippen LogP contribution in [0.2, 0.25) is 0 Å². The van der Waals surface area contributed by atoms with Crippen molar-refractivity contribution in [2.75, 3.05) is 31.3 Å². The second-order valence-corrected chi connectivity index (χ2v) is 5.23. The van der Waals surface area contributed by atoms with E-state index in [-0.39, 0.29) is 12.0 Å². The smallest absolute Gasteiger partial charge is 0.229 e. The van der Waals surface area contributed by atoms with Gasteiger partial charge in [-0.3, -0.25) is 4.79 Å². The highest BCUT2D eigenvalue weighted by Gasteiger charge is 2.17. The lowest BCUT2D eigenvalue weighted by Crippen LogP contribution is -2.32. The van der Waals surface area contributed by atoms with E-state index in [9.17, 15) is 4.79 Å². The van der Waals surface area contributed by atoms with Gasteiger partial charge in [-0.25, -0.2) is 0 Å². The molecular formula is C17H22N2O3. The largest absolute Gasteiger partial charge is 0.381 e. The molecule has 0 saturated carbocycles. The Morgan fingerprint density at radius 2 is 2.05 bits per heavy atom. The summed E-state index contributed by atoms with van der Waals surface area (Å²) < 4.78 is 11.0. The number of hydrogen-bond donors (Lipinski definition) is 0. The molecule has 1 saturated heterocycles. The average molecular weight is 302 g/mol. The summed E-state index contributed by atoms with van der Waals surface area (Å²) in [7, 11) is 0. The van der Waals surface area contributed by atoms with Crippen LogP contribution in [0.3, 0.4) is 0 Å². The summed E-state index contributed by atoms with van der Waals surface area (Å²) in [6.07, 6.45) is 2.39. The zero-order chi connectivity index (χ0) is 15.8. The fourth-order valence-electron chi connectivity index (χ4n) is 2.51. The van der Waals surface area contributed by atoms with E-state index in [4.69, 9.17) is 14.7 Å². The van der Waals surface area contributed by atoms with Crippen LogP contribution in [0.4, 0.5) is 5.69 Å². The van der Waals surface area contributed by atoms with E-state index in [1.807, 2.05) is 6.92 Å². The number of amides is 1. The zero-order valence-corrected chi connectivity index (χ0v) is 13.0. The molecule has 1 aromatic rings. The topological polar surface area (TPSA) is 62.6 Å². The number of carbonyl (C=O) groups is 1. The van der Waals surface area contributed by atoms with Gasteiger partial charge in [-0.05, 0) is 44.0 Å². The minimum Gasteiger partial charge on any atom is -0.381 e. The number of carbonyl (C=O) groups excluding carboxylic acids is 1. The number of nitrogens with zero attached hydrogens (tertiary/aromatic N) is 2. The second kappa shape index (κ2) is 8.52. The predicted octanol–water partition coefficient (Wildman–Crippen LogP) is 2.50. The third kappa shape index (κ3) is 4.55. The molecule has 2 rings (SSSR count). The maximum Gasteiger partial charge on any atom is 0.229 e. The van der Waals surface area contributed by atoms with E-state index in [1.165, 1.54) is 0 Å². The third-order valence-corrected chi connectivity index (χ3v) is 3.76. The van der Waals surface area contributed by atoms with Crippen LogP contribution in [0.5, 0.6) is 0 Å². The van der Waals surface area contributed by atoms with Gasteiger partial charge < -0.3 is 14.4 Å². The molecule has 0 aromatic heterocycles. The van der Waals surface area contributed by atoms with Crippen LogP contribution in [0.15, 0.2) is 24.3 Å². The molecule has 0 atom stereocenters. The molecule has 1 aliphatic rings. The standard InChI is InChI=1S/C17H22N2O3/c1-2-19(15-5-3-14(13-18)4-6-15)17(20)9-12-22-16-7-10-21-11-8-16/h3-6,16H,2,7-12H2,1H3. The molecule has 5 heteroatoms. The SMILES string of the molecule is CCN(C(=O)CCOC1CCOCC1)c1ccc(C#N)cc1. The Kier molecular flexibility index (Phi) is 6.38. The Morgan fingerprint density at radius 3 is 2.64 bits per heavy atom. The lowest BCUT2D eigenvalue weighted by atomic mass is 10.1. The molecule has 1 aromatic carbocycles. The van der Waals surface area contributed by atoms with E-state index < -0.39 is 0 Å². The van der Waals surface area contributed by atoms with Gasteiger partial charge in [-0.15, -0.1) is 0 Å². The van der Waals surface area contributed by atoms with Crippen molar-refractivity contribution in [2.45, 2.75) is 32.3 Å². The molecule has 0 unspecified atom stereocenters. The fraction of sp³-hybridized carbons (Fsp3) is 0.529. The lowest BCUT2D eigenvalue weighted by molar-refractivity contribution is -0.120. The van der Waals surface area contributed by atoms with E-state index in [1.54, 1.807) is 29.2 Å². The Balaban J connectivity index is 1.84. The molecule has 0 aliphatic carbocycles. The third-order valence-electron chi connectivity index (χ3n) is 3.76. The molecule has 0 spiro atoms. The highest BCUT2D eigenvalue weighted by molar-refractivity contribution is 5.93. The molecule has 0 radical (unpaired) electrons. The Morgan fingerprint density at radius 1 is 1.36 bits per heavy atom. The summed E-state index contributed by atoms with van der Waals surface area (Å²) in [6, 6.07) is 9.14. The van der Waals surface area contributed by atoms with Crippen molar-refractivity contribution in [3.8, 4) is 6.07 Å². The predicted molar refractivity (Wildman–Crippen MR) is 83.6 cm³/mol. The van der Waals surface area contributed by atoms with Gasteiger partial charge in [-0.1, -0.05) is 0 Å². The van der Waals surface area contributed by atoms with Gasteiger partial charge in [0.15, 0.2) is 0 Å². The van der Waals surface area contributed by atoms with Crippen LogP contribution in [-0.4, -0.2) is 38.4 Å². The monoisotopic (exact) mass is 302 g/mol. The van der Waals surface area contributed by atoms with Gasteiger partial charge in [0.2, 0.25) is 5.91 Å². The van der Waals surface area contributed by atoms with E-state index in [0.29, 0.717) is 25.1 Å². The van der Waals surface area contributed by atoms with Crippen LogP contribution >= 0.6 is 0 Å². The number of anilines is 1. The zero-order valence-electron chi connectivity index (χ0n) is 13.0. The van der Waals surface area contributed by atoms with Crippen molar-refractivity contribution in [3.63, 3.8) is 0 Å². The first-order valence-electron chi connectivity index (χ1n) is 7.74. The summed E-state index contributed by atoms with van der Waals surface area (Å²) in [4.78, 5) is 14.0. The van der Waals surface area contributed by atoms with Crippen LogP contribution in [-0.2, 0) is 14.3 Å². The van der Waals surface area contributed by atoms with Crippen molar-refractivity contribution < 1.29 is 14.3 Å². The fourth-order valence-corrected chi connectivity index (χ4v) is 2.51. The molecule has 0 bridgehead atoms. The van der Waals surface area contributed by atoms with E-state index in [2.05, 4.69) is 6.07 Å². The Labute approximate surface area is 131 Å². The number of ether oxygens (including phenoxy) is 2. The number of rotatable bonds is 6. The van der Waals surface area contributed by atoms with Crippen LogP contribution in [0, 0.1) is 11.3 Å². The molecule has 0 N–H and O–H groups in total. The van der Waals surface area contributed by atoms with Crippen LogP contribution < -0.4 is 4.90 Å². The van der Waals surface area contributed by atoms with Crippen molar-refractivity contribution in [1.82, 2.24) is 0 Å². The molecule has 1 fully saturated rings. The Bertz CT molecular complexity index is 516. The van der Waals surface area contributed by atoms with Gasteiger partial charge in [0.05, 0.1) is 30.8 Å². The van der Waals surface area contributed by atoms with Gasteiger partial charge >= 0.3 is 0 Å². The van der Waals surface area contributed by atoms with Crippen LogP contribution in [0.25, 0.3) is 0 Å². The summed E-state index contributed by atoms with van der Waals surface area (Å²) in [5, 5.41) is 8.82. The minimum absolute atomic E-state index is 0.0410. The second-order valence-electron chi connectivity index (χ2n) is 5.23. The van der Waals surface area contributed by atoms with Gasteiger partial charge in [0, 0.05) is 25.4 Å².